The van der Waals surface area contributed by atoms with E-state index in [0.717, 1.165) is 11.1 Å². The smallest absolute Gasteiger partial charge is 0.261 e. The van der Waals surface area contributed by atoms with Crippen LogP contribution in [0.3, 0.4) is 0 Å². The minimum Gasteiger partial charge on any atom is -0.519 e. The van der Waals surface area contributed by atoms with Crippen LogP contribution in [0.2, 0.25) is 0 Å². The molecule has 161 valence electrons. The van der Waals surface area contributed by atoms with Crippen LogP contribution in [-0.2, 0) is 32.5 Å². The third-order valence-corrected chi connectivity index (χ3v) is 4.12. The molecule has 3 rings (SSSR count). The van der Waals surface area contributed by atoms with Crippen molar-refractivity contribution >= 4 is 5.91 Å². The quantitative estimate of drug-likeness (QED) is 0.529. The Labute approximate surface area is 199 Å². The fourth-order valence-electron chi connectivity index (χ4n) is 2.65. The third-order valence-electron chi connectivity index (χ3n) is 4.12. The van der Waals surface area contributed by atoms with Crippen molar-refractivity contribution in [3.05, 3.63) is 108 Å². The maximum atomic E-state index is 12.4. The van der Waals surface area contributed by atoms with Crippen molar-refractivity contribution in [1.29, 1.82) is 0 Å². The molecule has 6 N–H and O–H groups in total. The van der Waals surface area contributed by atoms with Gasteiger partial charge in [-0.05, 0) is 29.8 Å². The zero-order valence-corrected chi connectivity index (χ0v) is 18.6. The van der Waals surface area contributed by atoms with Crippen molar-refractivity contribution < 1.29 is 46.3 Å². The average Bonchev–Trinajstić information content (AvgIpc) is 2.73. The van der Waals surface area contributed by atoms with Gasteiger partial charge in [-0.3, -0.25) is 15.7 Å². The van der Waals surface area contributed by atoms with Crippen LogP contribution in [0.4, 0.5) is 0 Å². The van der Waals surface area contributed by atoms with Crippen molar-refractivity contribution in [2.75, 3.05) is 0 Å². The minimum atomic E-state index is -0.585. The summed E-state index contributed by atoms with van der Waals surface area (Å²) in [5.41, 5.74) is 1.81. The molecule has 1 atom stereocenters. The summed E-state index contributed by atoms with van der Waals surface area (Å²) in [5, 5.41) is 2.52. The molecule has 1 heterocycles. The number of para-hydroxylation sites is 1. The SMILES string of the molecule is O.O.[CH-]=C[C@H]([CH2-])NC(=O)c1ccc(-c2ccccc2OCc2ccccc2)[nH]c1=O.[Sc]. The maximum absolute atomic E-state index is 12.4. The molecule has 0 aliphatic heterocycles. The van der Waals surface area contributed by atoms with Crippen LogP contribution < -0.4 is 15.6 Å². The van der Waals surface area contributed by atoms with Crippen LogP contribution in [-0.4, -0.2) is 27.9 Å². The number of hydrogen-bond acceptors (Lipinski definition) is 3. The normalized spacial score (nSPS) is 10.4. The molecule has 0 fully saturated rings. The molecule has 1 amide bonds. The Bertz CT molecular complexity index is 1040. The summed E-state index contributed by atoms with van der Waals surface area (Å²) in [7, 11) is 0. The van der Waals surface area contributed by atoms with E-state index in [9.17, 15) is 9.59 Å². The van der Waals surface area contributed by atoms with Crippen LogP contribution in [0, 0.1) is 13.5 Å². The average molecular weight is 453 g/mol. The van der Waals surface area contributed by atoms with E-state index in [1.807, 2.05) is 54.6 Å². The van der Waals surface area contributed by atoms with Gasteiger partial charge in [-0.25, -0.2) is 0 Å². The number of H-pyrrole nitrogens is 1. The summed E-state index contributed by atoms with van der Waals surface area (Å²) in [6.45, 7) is 9.36. The Hall–Kier alpha value is -2.81. The molecule has 0 spiro atoms. The molecule has 0 saturated heterocycles. The predicted octanol–water partition coefficient (Wildman–Crippen LogP) is 1.89. The van der Waals surface area contributed by atoms with Crippen molar-refractivity contribution in [2.45, 2.75) is 12.6 Å². The van der Waals surface area contributed by atoms with Gasteiger partial charge in [-0.2, -0.15) is 0 Å². The van der Waals surface area contributed by atoms with Crippen LogP contribution in [0.5, 0.6) is 5.75 Å². The first kappa shape index (κ1) is 28.2. The second-order valence-corrected chi connectivity index (χ2v) is 6.16. The number of carbonyl (C=O) groups excluding carboxylic acids is 1. The van der Waals surface area contributed by atoms with Crippen molar-refractivity contribution in [2.24, 2.45) is 0 Å². The van der Waals surface area contributed by atoms with E-state index in [2.05, 4.69) is 17.2 Å². The molecule has 0 aliphatic rings. The standard InChI is InChI=1S/C23H20N2O3.2H2O.Sc/c1-3-16(2)24-22(26)19-13-14-20(25-23(19)27)18-11-7-8-12-21(18)28-15-17-9-5-4-6-10-17;;;/h1,3-14,16H,2,15H2,(H,24,26)(H,25,27);2*1H2;/q-2;;;/t16-;;;/m0.../s1. The first-order chi connectivity index (χ1) is 13.6. The van der Waals surface area contributed by atoms with Gasteiger partial charge in [0.2, 0.25) is 0 Å². The van der Waals surface area contributed by atoms with Gasteiger partial charge >= 0.3 is 0 Å². The van der Waals surface area contributed by atoms with Crippen LogP contribution in [0.25, 0.3) is 11.3 Å². The fourth-order valence-corrected chi connectivity index (χ4v) is 2.65. The zero-order chi connectivity index (χ0) is 19.9. The second kappa shape index (κ2) is 13.5. The summed E-state index contributed by atoms with van der Waals surface area (Å²) in [6.07, 6.45) is 1.24. The first-order valence-electron chi connectivity index (χ1n) is 8.77. The van der Waals surface area contributed by atoms with Crippen LogP contribution in [0.1, 0.15) is 15.9 Å². The number of nitrogens with one attached hydrogen (secondary N) is 2. The molecular weight excluding hydrogens is 429 g/mol. The second-order valence-electron chi connectivity index (χ2n) is 6.16. The molecule has 0 unspecified atom stereocenters. The van der Waals surface area contributed by atoms with Crippen molar-refractivity contribution in [1.82, 2.24) is 10.3 Å². The largest absolute Gasteiger partial charge is 0.519 e. The van der Waals surface area contributed by atoms with Gasteiger partial charge in [0.1, 0.15) is 17.9 Å². The molecule has 31 heavy (non-hydrogen) atoms. The zero-order valence-electron chi connectivity index (χ0n) is 16.8. The van der Waals surface area contributed by atoms with Gasteiger partial charge < -0.3 is 39.5 Å². The Kier molecular flexibility index (Phi) is 12.3. The van der Waals surface area contributed by atoms with E-state index in [0.29, 0.717) is 18.1 Å². The predicted molar refractivity (Wildman–Crippen MR) is 116 cm³/mol. The van der Waals surface area contributed by atoms with E-state index >= 15 is 0 Å². The molecule has 0 saturated carbocycles. The number of benzene rings is 2. The molecule has 3 aromatic rings. The Balaban J connectivity index is 0.00000300. The van der Waals surface area contributed by atoms with Crippen LogP contribution >= 0.6 is 0 Å². The number of rotatable bonds is 7. The number of aromatic nitrogens is 1. The van der Waals surface area contributed by atoms with Crippen molar-refractivity contribution in [3.63, 3.8) is 0 Å². The van der Waals surface area contributed by atoms with Gasteiger partial charge in [0.25, 0.3) is 11.5 Å². The van der Waals surface area contributed by atoms with Gasteiger partial charge in [0.05, 0.1) is 5.69 Å². The van der Waals surface area contributed by atoms with Crippen molar-refractivity contribution in [3.8, 4) is 17.0 Å². The van der Waals surface area contributed by atoms with Gasteiger partial charge in [-0.1, -0.05) is 42.5 Å². The molecule has 2 aromatic carbocycles. The van der Waals surface area contributed by atoms with E-state index in [1.54, 1.807) is 6.07 Å². The summed E-state index contributed by atoms with van der Waals surface area (Å²) < 4.78 is 5.93. The van der Waals surface area contributed by atoms with E-state index < -0.39 is 17.5 Å². The number of amides is 1. The molecular formula is C23H24N2O5Sc-2. The molecule has 1 aromatic heterocycles. The molecule has 8 heteroatoms. The fraction of sp³-hybridized carbons (Fsp3) is 0.0870. The number of hydrogen-bond donors (Lipinski definition) is 2. The monoisotopic (exact) mass is 453 g/mol. The van der Waals surface area contributed by atoms with E-state index in [1.165, 1.54) is 12.1 Å². The van der Waals surface area contributed by atoms with Crippen LogP contribution in [0.15, 0.2) is 77.6 Å². The third kappa shape index (κ3) is 7.43. The number of aromatic amines is 1. The number of pyridine rings is 1. The Morgan fingerprint density at radius 3 is 2.35 bits per heavy atom. The molecule has 0 bridgehead atoms. The topological polar surface area (TPSA) is 134 Å². The molecule has 7 nitrogen and oxygen atoms in total. The van der Waals surface area contributed by atoms with E-state index in [4.69, 9.17) is 11.3 Å². The summed E-state index contributed by atoms with van der Waals surface area (Å²) in [4.78, 5) is 27.3. The molecule has 1 radical (unpaired) electrons. The Morgan fingerprint density at radius 1 is 1.06 bits per heavy atom. The maximum Gasteiger partial charge on any atom is 0.261 e. The van der Waals surface area contributed by atoms with Gasteiger partial charge in [0.15, 0.2) is 0 Å². The summed E-state index contributed by atoms with van der Waals surface area (Å²) >= 11 is 0. The van der Waals surface area contributed by atoms with Gasteiger partial charge in [-0.15, -0.1) is 6.04 Å². The van der Waals surface area contributed by atoms with E-state index in [-0.39, 0.29) is 42.4 Å². The van der Waals surface area contributed by atoms with Gasteiger partial charge in [0, 0.05) is 31.4 Å². The molecule has 0 aliphatic carbocycles. The Morgan fingerprint density at radius 2 is 1.71 bits per heavy atom. The first-order valence-corrected chi connectivity index (χ1v) is 8.77. The number of ether oxygens (including phenoxy) is 1. The summed E-state index contributed by atoms with van der Waals surface area (Å²) in [6, 6.07) is 19.8. The number of carbonyl (C=O) groups is 1. The minimum absolute atomic E-state index is 0. The summed E-state index contributed by atoms with van der Waals surface area (Å²) in [5.74, 6) is 0.0953.